The summed E-state index contributed by atoms with van der Waals surface area (Å²) in [7, 11) is 0. The van der Waals surface area contributed by atoms with Crippen molar-refractivity contribution >= 4 is 28.9 Å². The van der Waals surface area contributed by atoms with Crippen molar-refractivity contribution in [1.29, 1.82) is 0 Å². The van der Waals surface area contributed by atoms with Crippen LogP contribution < -0.4 is 0 Å². The molecule has 0 spiro atoms. The molecule has 0 aromatic heterocycles. The van der Waals surface area contributed by atoms with Crippen LogP contribution in [0.2, 0.25) is 0 Å². The Hall–Kier alpha value is -1.62. The second kappa shape index (κ2) is 5.79. The van der Waals surface area contributed by atoms with E-state index < -0.39 is 0 Å². The lowest BCUT2D eigenvalue weighted by Crippen LogP contribution is -2.33. The highest BCUT2D eigenvalue weighted by Gasteiger charge is 2.26. The molecule has 20 heavy (non-hydrogen) atoms. The molecule has 0 saturated carbocycles. The van der Waals surface area contributed by atoms with E-state index in [-0.39, 0.29) is 11.7 Å². The van der Waals surface area contributed by atoms with Crippen LogP contribution in [-0.4, -0.2) is 29.1 Å². The van der Waals surface area contributed by atoms with E-state index in [9.17, 15) is 9.18 Å². The van der Waals surface area contributed by atoms with E-state index in [1.165, 1.54) is 30.3 Å². The number of nitrogens with zero attached hydrogens (tertiary/aromatic N) is 2. The molecule has 2 aliphatic heterocycles. The Morgan fingerprint density at radius 2 is 1.85 bits per heavy atom. The van der Waals surface area contributed by atoms with Gasteiger partial charge < -0.3 is 4.90 Å². The number of carbonyl (C=O) groups excluding carboxylic acids is 1. The van der Waals surface area contributed by atoms with Crippen molar-refractivity contribution in [3.05, 3.63) is 40.6 Å². The number of piperidine rings is 1. The Morgan fingerprint density at radius 1 is 1.15 bits per heavy atom. The lowest BCUT2D eigenvalue weighted by atomic mass is 10.1. The van der Waals surface area contributed by atoms with E-state index in [2.05, 4.69) is 9.89 Å². The van der Waals surface area contributed by atoms with Crippen molar-refractivity contribution in [2.75, 3.05) is 13.1 Å². The summed E-state index contributed by atoms with van der Waals surface area (Å²) in [6.07, 6.45) is 5.34. The molecular weight excluding hydrogens is 275 g/mol. The van der Waals surface area contributed by atoms with Gasteiger partial charge in [0.15, 0.2) is 5.17 Å². The minimum atomic E-state index is -0.275. The molecule has 0 radical (unpaired) electrons. The monoisotopic (exact) mass is 290 g/mol. The van der Waals surface area contributed by atoms with Crippen LogP contribution in [0, 0.1) is 5.82 Å². The number of likely N-dealkylation sites (tertiary alicyclic amines) is 1. The Kier molecular flexibility index (Phi) is 3.87. The first-order chi connectivity index (χ1) is 9.72. The van der Waals surface area contributed by atoms with Gasteiger partial charge in [-0.25, -0.2) is 4.39 Å². The minimum absolute atomic E-state index is 0.195. The number of benzene rings is 1. The molecule has 1 aromatic rings. The average Bonchev–Trinajstić information content (AvgIpc) is 2.84. The smallest absolute Gasteiger partial charge is 0.286 e. The van der Waals surface area contributed by atoms with E-state index in [1.807, 2.05) is 0 Å². The Bertz CT molecular complexity index is 574. The average molecular weight is 290 g/mol. The van der Waals surface area contributed by atoms with Crippen molar-refractivity contribution in [3.63, 3.8) is 0 Å². The highest BCUT2D eigenvalue weighted by molar-refractivity contribution is 8.18. The van der Waals surface area contributed by atoms with Gasteiger partial charge in [0.25, 0.3) is 5.91 Å². The molecule has 104 valence electrons. The van der Waals surface area contributed by atoms with Crippen LogP contribution in [0.3, 0.4) is 0 Å². The number of thioether (sulfide) groups is 1. The van der Waals surface area contributed by atoms with Crippen LogP contribution >= 0.6 is 11.8 Å². The minimum Gasteiger partial charge on any atom is -0.351 e. The normalized spacial score (nSPS) is 21.4. The highest BCUT2D eigenvalue weighted by Crippen LogP contribution is 2.31. The predicted octanol–water partition coefficient (Wildman–Crippen LogP) is 3.28. The third kappa shape index (κ3) is 2.93. The number of rotatable bonds is 1. The number of aliphatic imine (C=N–C) groups is 1. The molecule has 1 aromatic carbocycles. The van der Waals surface area contributed by atoms with Crippen LogP contribution in [0.25, 0.3) is 6.08 Å². The van der Waals surface area contributed by atoms with Gasteiger partial charge in [-0.1, -0.05) is 12.1 Å². The van der Waals surface area contributed by atoms with Crippen molar-refractivity contribution in [1.82, 2.24) is 4.90 Å². The van der Waals surface area contributed by atoms with Gasteiger partial charge in [-0.05, 0) is 54.8 Å². The Balaban J connectivity index is 1.74. The number of hydrogen-bond donors (Lipinski definition) is 0. The maximum absolute atomic E-state index is 12.9. The molecule has 3 nitrogen and oxygen atoms in total. The third-order valence-corrected chi connectivity index (χ3v) is 4.45. The summed E-state index contributed by atoms with van der Waals surface area (Å²) in [6.45, 7) is 1.95. The number of hydrogen-bond acceptors (Lipinski definition) is 3. The third-order valence-electron chi connectivity index (χ3n) is 3.40. The second-order valence-electron chi connectivity index (χ2n) is 4.91. The maximum atomic E-state index is 12.9. The van der Waals surface area contributed by atoms with E-state index in [0.717, 1.165) is 36.7 Å². The topological polar surface area (TPSA) is 32.7 Å². The predicted molar refractivity (Wildman–Crippen MR) is 79.8 cm³/mol. The Labute approximate surface area is 121 Å². The molecule has 2 heterocycles. The van der Waals surface area contributed by atoms with Crippen LogP contribution in [0.5, 0.6) is 0 Å². The fourth-order valence-electron chi connectivity index (χ4n) is 2.33. The van der Waals surface area contributed by atoms with Crippen LogP contribution in [-0.2, 0) is 4.79 Å². The molecule has 1 amide bonds. The van der Waals surface area contributed by atoms with E-state index in [4.69, 9.17) is 0 Å². The van der Waals surface area contributed by atoms with Gasteiger partial charge in [-0.15, -0.1) is 0 Å². The zero-order valence-electron chi connectivity index (χ0n) is 11.0. The summed E-state index contributed by atoms with van der Waals surface area (Å²) in [6, 6.07) is 6.11. The van der Waals surface area contributed by atoms with Crippen molar-refractivity contribution in [2.45, 2.75) is 19.3 Å². The van der Waals surface area contributed by atoms with Crippen LogP contribution in [0.1, 0.15) is 24.8 Å². The lowest BCUT2D eigenvalue weighted by Gasteiger charge is -2.27. The van der Waals surface area contributed by atoms with E-state index >= 15 is 0 Å². The van der Waals surface area contributed by atoms with Gasteiger partial charge >= 0.3 is 0 Å². The summed E-state index contributed by atoms with van der Waals surface area (Å²) in [5.41, 5.74) is 0.817. The highest BCUT2D eigenvalue weighted by atomic mass is 32.2. The van der Waals surface area contributed by atoms with Gasteiger partial charge in [0.2, 0.25) is 0 Å². The molecule has 2 aliphatic rings. The zero-order chi connectivity index (χ0) is 13.9. The molecule has 5 heteroatoms. The van der Waals surface area contributed by atoms with Crippen LogP contribution in [0.4, 0.5) is 4.39 Å². The van der Waals surface area contributed by atoms with Crippen LogP contribution in [0.15, 0.2) is 34.2 Å². The van der Waals surface area contributed by atoms with Crippen molar-refractivity contribution in [2.24, 2.45) is 4.99 Å². The standard InChI is InChI=1S/C15H15FN2OS/c16-12-6-4-11(5-7-12)10-13-14(19)17-15(20-13)18-8-2-1-3-9-18/h4-7,10H,1-3,8-9H2. The summed E-state index contributed by atoms with van der Waals surface area (Å²) >= 11 is 1.42. The van der Waals surface area contributed by atoms with Gasteiger partial charge in [0, 0.05) is 13.1 Å². The maximum Gasteiger partial charge on any atom is 0.286 e. The first-order valence-electron chi connectivity index (χ1n) is 6.75. The lowest BCUT2D eigenvalue weighted by molar-refractivity contribution is -0.113. The molecular formula is C15H15FN2OS. The van der Waals surface area contributed by atoms with Crippen molar-refractivity contribution < 1.29 is 9.18 Å². The zero-order valence-corrected chi connectivity index (χ0v) is 11.8. The van der Waals surface area contributed by atoms with E-state index in [1.54, 1.807) is 18.2 Å². The molecule has 0 N–H and O–H groups in total. The Morgan fingerprint density at radius 3 is 2.55 bits per heavy atom. The number of halogens is 1. The number of amidine groups is 1. The van der Waals surface area contributed by atoms with Gasteiger partial charge in [-0.2, -0.15) is 4.99 Å². The fourth-order valence-corrected chi connectivity index (χ4v) is 3.29. The summed E-state index contributed by atoms with van der Waals surface area (Å²) in [4.78, 5) is 18.8. The van der Waals surface area contributed by atoms with E-state index in [0.29, 0.717) is 4.91 Å². The largest absolute Gasteiger partial charge is 0.351 e. The summed E-state index contributed by atoms with van der Waals surface area (Å²) < 4.78 is 12.9. The molecule has 0 bridgehead atoms. The number of amides is 1. The van der Waals surface area contributed by atoms with Gasteiger partial charge in [-0.3, -0.25) is 4.79 Å². The quantitative estimate of drug-likeness (QED) is 0.744. The SMILES string of the molecule is O=C1N=C(N2CCCCC2)SC1=Cc1ccc(F)cc1. The first kappa shape index (κ1) is 13.4. The first-order valence-corrected chi connectivity index (χ1v) is 7.57. The molecule has 0 atom stereocenters. The van der Waals surface area contributed by atoms with Gasteiger partial charge in [0.05, 0.1) is 4.91 Å². The summed E-state index contributed by atoms with van der Waals surface area (Å²) in [5.74, 6) is -0.470. The molecule has 1 fully saturated rings. The molecule has 1 saturated heterocycles. The number of carbonyl (C=O) groups is 1. The fraction of sp³-hybridized carbons (Fsp3) is 0.333. The molecule has 3 rings (SSSR count). The molecule has 0 unspecified atom stereocenters. The van der Waals surface area contributed by atoms with Gasteiger partial charge in [0.1, 0.15) is 5.82 Å². The molecule has 0 aliphatic carbocycles. The van der Waals surface area contributed by atoms with Crippen molar-refractivity contribution in [3.8, 4) is 0 Å². The second-order valence-corrected chi connectivity index (χ2v) is 5.92. The summed E-state index contributed by atoms with van der Waals surface area (Å²) in [5, 5.41) is 0.808.